The molecule has 0 spiro atoms. The van der Waals surface area contributed by atoms with Crippen molar-refractivity contribution < 1.29 is 19.7 Å². The van der Waals surface area contributed by atoms with Gasteiger partial charge in [0, 0.05) is 11.8 Å². The summed E-state index contributed by atoms with van der Waals surface area (Å²) in [5.41, 5.74) is 7.05. The van der Waals surface area contributed by atoms with E-state index in [1.54, 1.807) is 24.3 Å². The fraction of sp³-hybridized carbons (Fsp3) is 0.118. The van der Waals surface area contributed by atoms with Crippen molar-refractivity contribution in [3.8, 4) is 11.5 Å². The number of aliphatic imine (C=N–C) groups is 2. The number of nitrogens with zero attached hydrogens (tertiary/aromatic N) is 2. The highest BCUT2D eigenvalue weighted by Gasteiger charge is 2.11. The lowest BCUT2D eigenvalue weighted by atomic mass is 10.2. The van der Waals surface area contributed by atoms with Gasteiger partial charge in [0.05, 0.1) is 20.0 Å². The van der Waals surface area contributed by atoms with Crippen LogP contribution in [0.3, 0.4) is 0 Å². The molecular formula is C17H18N4O4. The van der Waals surface area contributed by atoms with Gasteiger partial charge in [0.2, 0.25) is 5.96 Å². The van der Waals surface area contributed by atoms with Crippen molar-refractivity contribution in [2.45, 2.75) is 6.54 Å². The Hall–Kier alpha value is -3.55. The standard InChI is InChI=1S/C17H18N4O4/c1-25-16(24)14-6-5-12(8-15(14)23)20-10-21-17(18)19-9-11-3-2-4-13(22)7-11/h2-8,10,22-23H,9H2,1H3,(H3,18,19,20,21). The first-order chi connectivity index (χ1) is 12.0. The van der Waals surface area contributed by atoms with E-state index in [2.05, 4.69) is 20.0 Å². The van der Waals surface area contributed by atoms with Gasteiger partial charge in [0.25, 0.3) is 0 Å². The molecule has 0 aromatic heterocycles. The molecule has 0 aliphatic rings. The summed E-state index contributed by atoms with van der Waals surface area (Å²) in [6.07, 6.45) is 1.31. The average molecular weight is 342 g/mol. The normalized spacial score (nSPS) is 11.5. The summed E-state index contributed by atoms with van der Waals surface area (Å²) in [6, 6.07) is 11.0. The number of hydrogen-bond acceptors (Lipinski definition) is 5. The van der Waals surface area contributed by atoms with E-state index in [-0.39, 0.29) is 29.6 Å². The number of carbonyl (C=O) groups excluding carboxylic acids is 1. The van der Waals surface area contributed by atoms with Crippen LogP contribution >= 0.6 is 0 Å². The van der Waals surface area contributed by atoms with Crippen molar-refractivity contribution in [2.24, 2.45) is 15.7 Å². The molecule has 25 heavy (non-hydrogen) atoms. The minimum atomic E-state index is -0.624. The third kappa shape index (κ3) is 5.24. The van der Waals surface area contributed by atoms with Gasteiger partial charge in [-0.1, -0.05) is 12.1 Å². The summed E-state index contributed by atoms with van der Waals surface area (Å²) in [5, 5.41) is 22.0. The van der Waals surface area contributed by atoms with Crippen molar-refractivity contribution in [3.63, 3.8) is 0 Å². The average Bonchev–Trinajstić information content (AvgIpc) is 2.59. The van der Waals surface area contributed by atoms with Gasteiger partial charge in [-0.05, 0) is 29.8 Å². The summed E-state index contributed by atoms with van der Waals surface area (Å²) < 4.78 is 4.55. The SMILES string of the molecule is COC(=O)c1ccc(NC=NC(N)=NCc2cccc(O)c2)cc1O. The van der Waals surface area contributed by atoms with Gasteiger partial charge in [0.1, 0.15) is 17.1 Å². The fourth-order valence-electron chi connectivity index (χ4n) is 1.94. The minimum absolute atomic E-state index is 0.0474. The molecule has 0 fully saturated rings. The number of methoxy groups -OCH3 is 1. The number of phenols is 2. The molecular weight excluding hydrogens is 324 g/mol. The molecule has 0 saturated carbocycles. The number of carbonyl (C=O) groups is 1. The van der Waals surface area contributed by atoms with Crippen LogP contribution in [-0.2, 0) is 11.3 Å². The number of ether oxygens (including phenoxy) is 1. The molecule has 2 aromatic carbocycles. The number of rotatable bonds is 5. The van der Waals surface area contributed by atoms with Crippen LogP contribution < -0.4 is 11.1 Å². The van der Waals surface area contributed by atoms with Gasteiger partial charge in [0.15, 0.2) is 0 Å². The molecule has 0 aliphatic heterocycles. The summed E-state index contributed by atoms with van der Waals surface area (Å²) in [7, 11) is 1.24. The number of nitrogens with one attached hydrogen (secondary N) is 1. The zero-order chi connectivity index (χ0) is 18.2. The number of phenolic OH excluding ortho intramolecular Hbond substituents is 2. The number of guanidine groups is 1. The lowest BCUT2D eigenvalue weighted by molar-refractivity contribution is 0.0597. The van der Waals surface area contributed by atoms with Gasteiger partial charge in [-0.2, -0.15) is 0 Å². The maximum Gasteiger partial charge on any atom is 0.341 e. The predicted octanol–water partition coefficient (Wildman–Crippen LogP) is 1.84. The largest absolute Gasteiger partial charge is 0.508 e. The number of esters is 1. The molecule has 130 valence electrons. The number of benzene rings is 2. The molecule has 0 aliphatic carbocycles. The van der Waals surface area contributed by atoms with E-state index >= 15 is 0 Å². The molecule has 0 heterocycles. The first-order valence-corrected chi connectivity index (χ1v) is 7.28. The lowest BCUT2D eigenvalue weighted by Gasteiger charge is -2.05. The summed E-state index contributed by atoms with van der Waals surface area (Å²) in [6.45, 7) is 0.284. The van der Waals surface area contributed by atoms with Crippen LogP contribution in [0.2, 0.25) is 0 Å². The highest BCUT2D eigenvalue weighted by Crippen LogP contribution is 2.22. The van der Waals surface area contributed by atoms with Gasteiger partial charge >= 0.3 is 5.97 Å². The second-order valence-electron chi connectivity index (χ2n) is 4.97. The van der Waals surface area contributed by atoms with Gasteiger partial charge in [-0.3, -0.25) is 0 Å². The second-order valence-corrected chi connectivity index (χ2v) is 4.97. The molecule has 0 bridgehead atoms. The van der Waals surface area contributed by atoms with Crippen LogP contribution in [0.15, 0.2) is 52.4 Å². The Balaban J connectivity index is 1.94. The molecule has 0 atom stereocenters. The van der Waals surface area contributed by atoms with E-state index in [1.165, 1.54) is 25.6 Å². The first-order valence-electron chi connectivity index (χ1n) is 7.28. The number of anilines is 1. The molecule has 8 heteroatoms. The maximum absolute atomic E-state index is 11.4. The first kappa shape index (κ1) is 17.8. The smallest absolute Gasteiger partial charge is 0.341 e. The van der Waals surface area contributed by atoms with Crippen molar-refractivity contribution in [2.75, 3.05) is 12.4 Å². The summed E-state index contributed by atoms with van der Waals surface area (Å²) in [5.74, 6) is -0.630. The van der Waals surface area contributed by atoms with E-state index in [0.29, 0.717) is 5.69 Å². The number of aromatic hydroxyl groups is 2. The topological polar surface area (TPSA) is 130 Å². The zero-order valence-electron chi connectivity index (χ0n) is 13.5. The Bertz CT molecular complexity index is 818. The van der Waals surface area contributed by atoms with E-state index < -0.39 is 5.97 Å². The highest BCUT2D eigenvalue weighted by molar-refractivity contribution is 5.94. The zero-order valence-corrected chi connectivity index (χ0v) is 13.5. The molecule has 8 nitrogen and oxygen atoms in total. The van der Waals surface area contributed by atoms with Gasteiger partial charge in [-0.15, -0.1) is 0 Å². The lowest BCUT2D eigenvalue weighted by Crippen LogP contribution is -2.10. The van der Waals surface area contributed by atoms with Crippen LogP contribution in [0.5, 0.6) is 11.5 Å². The van der Waals surface area contributed by atoms with Crippen LogP contribution in [0.4, 0.5) is 5.69 Å². The Labute approximate surface area is 144 Å². The maximum atomic E-state index is 11.4. The fourth-order valence-corrected chi connectivity index (χ4v) is 1.94. The Kier molecular flexibility index (Phi) is 5.94. The monoisotopic (exact) mass is 342 g/mol. The molecule has 2 aromatic rings. The van der Waals surface area contributed by atoms with Crippen molar-refractivity contribution in [3.05, 3.63) is 53.6 Å². The highest BCUT2D eigenvalue weighted by atomic mass is 16.5. The van der Waals surface area contributed by atoms with Crippen molar-refractivity contribution >= 4 is 24.0 Å². The van der Waals surface area contributed by atoms with Crippen LogP contribution in [0.1, 0.15) is 15.9 Å². The Morgan fingerprint density at radius 3 is 2.76 bits per heavy atom. The Morgan fingerprint density at radius 1 is 1.28 bits per heavy atom. The van der Waals surface area contributed by atoms with E-state index in [1.807, 2.05) is 6.07 Å². The second kappa shape index (κ2) is 8.34. The van der Waals surface area contributed by atoms with Crippen LogP contribution in [-0.4, -0.2) is 35.6 Å². The minimum Gasteiger partial charge on any atom is -0.508 e. The number of nitrogens with two attached hydrogens (primary N) is 1. The van der Waals surface area contributed by atoms with E-state index in [9.17, 15) is 15.0 Å². The Morgan fingerprint density at radius 2 is 2.08 bits per heavy atom. The van der Waals surface area contributed by atoms with Crippen LogP contribution in [0.25, 0.3) is 0 Å². The van der Waals surface area contributed by atoms with Crippen molar-refractivity contribution in [1.82, 2.24) is 0 Å². The quantitative estimate of drug-likeness (QED) is 0.373. The van der Waals surface area contributed by atoms with Gasteiger partial charge < -0.3 is 26.0 Å². The predicted molar refractivity (Wildman–Crippen MR) is 95.0 cm³/mol. The molecule has 0 saturated heterocycles. The summed E-state index contributed by atoms with van der Waals surface area (Å²) >= 11 is 0. The van der Waals surface area contributed by atoms with E-state index in [4.69, 9.17) is 5.73 Å². The molecule has 0 amide bonds. The summed E-state index contributed by atoms with van der Waals surface area (Å²) in [4.78, 5) is 19.4. The van der Waals surface area contributed by atoms with Gasteiger partial charge in [-0.25, -0.2) is 14.8 Å². The molecule has 5 N–H and O–H groups in total. The third-order valence-corrected chi connectivity index (χ3v) is 3.17. The van der Waals surface area contributed by atoms with Crippen LogP contribution in [0, 0.1) is 0 Å². The number of hydrogen-bond donors (Lipinski definition) is 4. The molecule has 2 rings (SSSR count). The van der Waals surface area contributed by atoms with E-state index in [0.717, 1.165) is 5.56 Å². The third-order valence-electron chi connectivity index (χ3n) is 3.17. The molecule has 0 radical (unpaired) electrons. The van der Waals surface area contributed by atoms with Crippen molar-refractivity contribution in [1.29, 1.82) is 0 Å². The molecule has 0 unspecified atom stereocenters.